The average Bonchev–Trinajstić information content (AvgIpc) is 2.33. The molecule has 1 N–H and O–H groups in total. The highest BCUT2D eigenvalue weighted by molar-refractivity contribution is 9.10. The van der Waals surface area contributed by atoms with Gasteiger partial charge in [-0.15, -0.1) is 0 Å². The van der Waals surface area contributed by atoms with Crippen LogP contribution in [-0.4, -0.2) is 4.98 Å². The molecular formula is C13H10BrN3. The van der Waals surface area contributed by atoms with Crippen LogP contribution in [0.15, 0.2) is 41.0 Å². The number of pyridine rings is 1. The molecule has 0 bridgehead atoms. The Kier molecular flexibility index (Phi) is 3.40. The summed E-state index contributed by atoms with van der Waals surface area (Å²) in [5, 5.41) is 12.1. The number of anilines is 2. The Labute approximate surface area is 108 Å². The second-order valence-corrected chi connectivity index (χ2v) is 4.48. The topological polar surface area (TPSA) is 48.7 Å². The lowest BCUT2D eigenvalue weighted by molar-refractivity contribution is 1.24. The van der Waals surface area contributed by atoms with E-state index in [0.717, 1.165) is 15.7 Å². The molecule has 2 rings (SSSR count). The molecule has 0 fully saturated rings. The molecule has 0 amide bonds. The van der Waals surface area contributed by atoms with Crippen LogP contribution < -0.4 is 5.32 Å². The zero-order valence-electron chi connectivity index (χ0n) is 9.24. The summed E-state index contributed by atoms with van der Waals surface area (Å²) in [7, 11) is 0. The first-order valence-electron chi connectivity index (χ1n) is 5.09. The van der Waals surface area contributed by atoms with Crippen LogP contribution in [0.5, 0.6) is 0 Å². The van der Waals surface area contributed by atoms with Gasteiger partial charge in [-0.3, -0.25) is 0 Å². The fraction of sp³-hybridized carbons (Fsp3) is 0.0769. The fourth-order valence-electron chi connectivity index (χ4n) is 1.44. The van der Waals surface area contributed by atoms with Crippen LogP contribution in [0, 0.1) is 18.3 Å². The first kappa shape index (κ1) is 11.6. The van der Waals surface area contributed by atoms with Gasteiger partial charge < -0.3 is 5.32 Å². The summed E-state index contributed by atoms with van der Waals surface area (Å²) in [6, 6.07) is 11.5. The number of hydrogen-bond donors (Lipinski definition) is 1. The number of rotatable bonds is 2. The van der Waals surface area contributed by atoms with Crippen LogP contribution in [0.25, 0.3) is 0 Å². The molecule has 0 aliphatic rings. The molecular weight excluding hydrogens is 278 g/mol. The molecule has 84 valence electrons. The van der Waals surface area contributed by atoms with E-state index >= 15 is 0 Å². The Morgan fingerprint density at radius 1 is 1.35 bits per heavy atom. The molecule has 0 radical (unpaired) electrons. The molecule has 0 aliphatic carbocycles. The van der Waals surface area contributed by atoms with Gasteiger partial charge in [-0.2, -0.15) is 5.26 Å². The minimum absolute atomic E-state index is 0.599. The summed E-state index contributed by atoms with van der Waals surface area (Å²) < 4.78 is 0.880. The molecule has 0 saturated carbocycles. The smallest absolute Gasteiger partial charge is 0.144 e. The lowest BCUT2D eigenvalue weighted by Crippen LogP contribution is -1.97. The van der Waals surface area contributed by atoms with E-state index < -0.39 is 0 Å². The van der Waals surface area contributed by atoms with Crippen molar-refractivity contribution in [1.29, 1.82) is 5.26 Å². The Hall–Kier alpha value is -1.86. The van der Waals surface area contributed by atoms with Crippen LogP contribution >= 0.6 is 15.9 Å². The van der Waals surface area contributed by atoms with E-state index in [1.54, 1.807) is 12.3 Å². The molecule has 1 aromatic heterocycles. The van der Waals surface area contributed by atoms with Crippen LogP contribution in [-0.2, 0) is 0 Å². The van der Waals surface area contributed by atoms with Crippen LogP contribution in [0.1, 0.15) is 11.1 Å². The van der Waals surface area contributed by atoms with Gasteiger partial charge in [0.05, 0.1) is 15.7 Å². The molecule has 0 atom stereocenters. The second-order valence-electron chi connectivity index (χ2n) is 3.63. The van der Waals surface area contributed by atoms with E-state index in [4.69, 9.17) is 5.26 Å². The highest BCUT2D eigenvalue weighted by Gasteiger charge is 2.05. The van der Waals surface area contributed by atoms with Crippen molar-refractivity contribution in [3.63, 3.8) is 0 Å². The monoisotopic (exact) mass is 287 g/mol. The number of nitriles is 1. The van der Waals surface area contributed by atoms with Crippen molar-refractivity contribution >= 4 is 27.4 Å². The quantitative estimate of drug-likeness (QED) is 0.915. The maximum atomic E-state index is 8.99. The highest BCUT2D eigenvalue weighted by Crippen LogP contribution is 2.25. The van der Waals surface area contributed by atoms with Crippen molar-refractivity contribution in [2.45, 2.75) is 6.92 Å². The van der Waals surface area contributed by atoms with Crippen molar-refractivity contribution in [2.24, 2.45) is 0 Å². The maximum Gasteiger partial charge on any atom is 0.144 e. The van der Waals surface area contributed by atoms with Gasteiger partial charge in [-0.05, 0) is 46.6 Å². The first-order valence-corrected chi connectivity index (χ1v) is 5.88. The van der Waals surface area contributed by atoms with E-state index in [-0.39, 0.29) is 0 Å². The molecule has 17 heavy (non-hydrogen) atoms. The summed E-state index contributed by atoms with van der Waals surface area (Å²) in [5.41, 5.74) is 2.44. The van der Waals surface area contributed by atoms with E-state index in [9.17, 15) is 0 Å². The largest absolute Gasteiger partial charge is 0.338 e. The Morgan fingerprint density at radius 2 is 2.12 bits per heavy atom. The van der Waals surface area contributed by atoms with E-state index in [1.165, 1.54) is 0 Å². The predicted molar refractivity (Wildman–Crippen MR) is 71.1 cm³/mol. The lowest BCUT2D eigenvalue weighted by Gasteiger charge is -2.09. The summed E-state index contributed by atoms with van der Waals surface area (Å²) in [6.45, 7) is 1.98. The second kappa shape index (κ2) is 4.98. The third kappa shape index (κ3) is 2.63. The highest BCUT2D eigenvalue weighted by atomic mass is 79.9. The Morgan fingerprint density at radius 3 is 2.82 bits per heavy atom. The zero-order valence-corrected chi connectivity index (χ0v) is 10.8. The maximum absolute atomic E-state index is 8.99. The van der Waals surface area contributed by atoms with Gasteiger partial charge in [-0.25, -0.2) is 4.98 Å². The number of aryl methyl sites for hydroxylation is 1. The normalized spacial score (nSPS) is 9.71. The first-order chi connectivity index (χ1) is 8.20. The number of para-hydroxylation sites is 1. The summed E-state index contributed by atoms with van der Waals surface area (Å²) in [6.07, 6.45) is 1.78. The number of nitrogens with zero attached hydrogens (tertiary/aromatic N) is 2. The molecule has 0 spiro atoms. The molecule has 0 aliphatic heterocycles. The minimum Gasteiger partial charge on any atom is -0.338 e. The van der Waals surface area contributed by atoms with E-state index in [0.29, 0.717) is 11.4 Å². The van der Waals surface area contributed by atoms with Gasteiger partial charge in [0.25, 0.3) is 0 Å². The van der Waals surface area contributed by atoms with Crippen LogP contribution in [0.4, 0.5) is 11.5 Å². The van der Waals surface area contributed by atoms with Crippen LogP contribution in [0.3, 0.4) is 0 Å². The molecule has 3 nitrogen and oxygen atoms in total. The number of benzene rings is 1. The average molecular weight is 288 g/mol. The van der Waals surface area contributed by atoms with Crippen molar-refractivity contribution in [1.82, 2.24) is 4.98 Å². The van der Waals surface area contributed by atoms with Gasteiger partial charge in [0.15, 0.2) is 0 Å². The molecule has 1 heterocycles. The van der Waals surface area contributed by atoms with E-state index in [1.807, 2.05) is 31.2 Å². The third-order valence-corrected chi connectivity index (χ3v) is 2.88. The van der Waals surface area contributed by atoms with Crippen LogP contribution in [0.2, 0.25) is 0 Å². The molecule has 1 aromatic carbocycles. The van der Waals surface area contributed by atoms with Gasteiger partial charge in [-0.1, -0.05) is 12.1 Å². The van der Waals surface area contributed by atoms with Crippen molar-refractivity contribution in [2.75, 3.05) is 5.32 Å². The summed E-state index contributed by atoms with van der Waals surface area (Å²) in [4.78, 5) is 4.28. The standard InChI is InChI=1S/C13H10BrN3/c1-9-6-11(14)13(16-8-9)17-12-5-3-2-4-10(12)7-15/h2-6,8H,1H3,(H,16,17). The van der Waals surface area contributed by atoms with Crippen molar-refractivity contribution in [3.8, 4) is 6.07 Å². The third-order valence-electron chi connectivity index (χ3n) is 2.28. The minimum atomic E-state index is 0.599. The summed E-state index contributed by atoms with van der Waals surface area (Å²) in [5.74, 6) is 0.707. The summed E-state index contributed by atoms with van der Waals surface area (Å²) >= 11 is 3.44. The number of halogens is 1. The van der Waals surface area contributed by atoms with Crippen molar-refractivity contribution in [3.05, 3.63) is 52.1 Å². The molecule has 0 saturated heterocycles. The zero-order chi connectivity index (χ0) is 12.3. The molecule has 4 heteroatoms. The van der Waals surface area contributed by atoms with Gasteiger partial charge >= 0.3 is 0 Å². The Bertz CT molecular complexity index is 587. The van der Waals surface area contributed by atoms with Gasteiger partial charge in [0.1, 0.15) is 11.9 Å². The lowest BCUT2D eigenvalue weighted by atomic mass is 10.2. The number of nitrogens with one attached hydrogen (secondary N) is 1. The fourth-order valence-corrected chi connectivity index (χ4v) is 2.01. The van der Waals surface area contributed by atoms with Gasteiger partial charge in [0, 0.05) is 6.20 Å². The molecule has 0 unspecified atom stereocenters. The van der Waals surface area contributed by atoms with Gasteiger partial charge in [0.2, 0.25) is 0 Å². The number of hydrogen-bond acceptors (Lipinski definition) is 3. The predicted octanol–water partition coefficient (Wildman–Crippen LogP) is 3.77. The van der Waals surface area contributed by atoms with Crippen molar-refractivity contribution < 1.29 is 0 Å². The SMILES string of the molecule is Cc1cnc(Nc2ccccc2C#N)c(Br)c1. The Balaban J connectivity index is 2.35. The molecule has 2 aromatic rings. The number of aromatic nitrogens is 1. The van der Waals surface area contributed by atoms with E-state index in [2.05, 4.69) is 32.3 Å².